The minimum absolute atomic E-state index is 0.148. The second-order valence-corrected chi connectivity index (χ2v) is 5.51. The van der Waals surface area contributed by atoms with Gasteiger partial charge in [0.2, 0.25) is 0 Å². The van der Waals surface area contributed by atoms with E-state index in [1.165, 1.54) is 11.9 Å². The van der Waals surface area contributed by atoms with Crippen molar-refractivity contribution in [3.8, 4) is 5.75 Å². The van der Waals surface area contributed by atoms with E-state index in [0.29, 0.717) is 6.42 Å². The van der Waals surface area contributed by atoms with Crippen LogP contribution in [-0.4, -0.2) is 16.6 Å². The first kappa shape index (κ1) is 12.6. The Morgan fingerprint density at radius 3 is 3.11 bits per heavy atom. The summed E-state index contributed by atoms with van der Waals surface area (Å²) in [6.07, 6.45) is 4.91. The van der Waals surface area contributed by atoms with Gasteiger partial charge in [0, 0.05) is 17.1 Å². The smallest absolute Gasteiger partial charge is 0.125 e. The maximum atomic E-state index is 6.21. The van der Waals surface area contributed by atoms with Crippen molar-refractivity contribution < 1.29 is 4.74 Å². The summed E-state index contributed by atoms with van der Waals surface area (Å²) in [4.78, 5) is 8.11. The van der Waals surface area contributed by atoms with Crippen LogP contribution in [0.3, 0.4) is 0 Å². The van der Waals surface area contributed by atoms with E-state index in [1.54, 1.807) is 6.20 Å². The molecule has 1 aromatic heterocycles. The molecule has 0 aliphatic carbocycles. The van der Waals surface area contributed by atoms with Crippen LogP contribution in [0.4, 0.5) is 0 Å². The summed E-state index contributed by atoms with van der Waals surface area (Å²) in [5, 5.41) is 0. The second kappa shape index (κ2) is 5.27. The molecule has 1 aliphatic rings. The summed E-state index contributed by atoms with van der Waals surface area (Å²) in [7, 11) is 0. The van der Waals surface area contributed by atoms with Crippen molar-refractivity contribution in [1.82, 2.24) is 9.97 Å². The van der Waals surface area contributed by atoms with Crippen molar-refractivity contribution in [1.29, 1.82) is 0 Å². The normalized spacial score (nSPS) is 14.8. The molecular weight excluding hydrogens is 306 g/mol. The standard InChI is InChI=1S/C14H14BrN3O/c15-11-5-9-2-4-19-14(9)10(6-11)7-12(16)13-1-3-17-8-18-13/h1,3,5-6,8,12H,2,4,7,16H2. The number of ether oxygens (including phenoxy) is 1. The highest BCUT2D eigenvalue weighted by Gasteiger charge is 2.19. The topological polar surface area (TPSA) is 61.0 Å². The Balaban J connectivity index is 1.88. The molecule has 98 valence electrons. The summed E-state index contributed by atoms with van der Waals surface area (Å²) >= 11 is 3.54. The SMILES string of the molecule is NC(Cc1cc(Br)cc2c1OCC2)c1ccncn1. The van der Waals surface area contributed by atoms with Gasteiger partial charge < -0.3 is 10.5 Å². The molecule has 1 aromatic carbocycles. The minimum atomic E-state index is -0.148. The lowest BCUT2D eigenvalue weighted by molar-refractivity contribution is 0.352. The highest BCUT2D eigenvalue weighted by Crippen LogP contribution is 2.34. The van der Waals surface area contributed by atoms with Crippen LogP contribution in [0.25, 0.3) is 0 Å². The number of halogens is 1. The molecule has 1 unspecified atom stereocenters. The molecule has 19 heavy (non-hydrogen) atoms. The van der Waals surface area contributed by atoms with Crippen LogP contribution < -0.4 is 10.5 Å². The molecule has 2 heterocycles. The van der Waals surface area contributed by atoms with Crippen molar-refractivity contribution >= 4 is 15.9 Å². The third kappa shape index (κ3) is 2.62. The largest absolute Gasteiger partial charge is 0.493 e. The van der Waals surface area contributed by atoms with E-state index in [0.717, 1.165) is 34.5 Å². The molecule has 5 heteroatoms. The molecular formula is C14H14BrN3O. The molecule has 1 aliphatic heterocycles. The van der Waals surface area contributed by atoms with E-state index in [4.69, 9.17) is 10.5 Å². The van der Waals surface area contributed by atoms with Gasteiger partial charge in [-0.3, -0.25) is 0 Å². The van der Waals surface area contributed by atoms with E-state index >= 15 is 0 Å². The van der Waals surface area contributed by atoms with Crippen molar-refractivity contribution in [2.75, 3.05) is 6.61 Å². The van der Waals surface area contributed by atoms with Gasteiger partial charge >= 0.3 is 0 Å². The minimum Gasteiger partial charge on any atom is -0.493 e. The molecule has 0 saturated heterocycles. The molecule has 0 fully saturated rings. The molecule has 4 nitrogen and oxygen atoms in total. The van der Waals surface area contributed by atoms with Gasteiger partial charge in [-0.15, -0.1) is 0 Å². The second-order valence-electron chi connectivity index (χ2n) is 4.60. The number of benzene rings is 1. The predicted octanol–water partition coefficient (Wildman–Crippen LogP) is 2.42. The Kier molecular flexibility index (Phi) is 3.48. The number of nitrogens with two attached hydrogens (primary N) is 1. The maximum absolute atomic E-state index is 6.21. The van der Waals surface area contributed by atoms with Crippen LogP contribution in [0.15, 0.2) is 35.2 Å². The number of hydrogen-bond acceptors (Lipinski definition) is 4. The quantitative estimate of drug-likeness (QED) is 0.943. The van der Waals surface area contributed by atoms with E-state index in [-0.39, 0.29) is 6.04 Å². The van der Waals surface area contributed by atoms with Gasteiger partial charge in [0.25, 0.3) is 0 Å². The fraction of sp³-hybridized carbons (Fsp3) is 0.286. The first-order valence-corrected chi connectivity index (χ1v) is 6.99. The van der Waals surface area contributed by atoms with Gasteiger partial charge in [0.15, 0.2) is 0 Å². The van der Waals surface area contributed by atoms with E-state index in [1.807, 2.05) is 6.07 Å². The fourth-order valence-electron chi connectivity index (χ4n) is 2.36. The molecule has 2 aromatic rings. The van der Waals surface area contributed by atoms with Crippen LogP contribution in [-0.2, 0) is 12.8 Å². The number of hydrogen-bond donors (Lipinski definition) is 1. The molecule has 0 spiro atoms. The summed E-state index contributed by atoms with van der Waals surface area (Å²) in [6.45, 7) is 0.752. The van der Waals surface area contributed by atoms with Crippen LogP contribution in [0.2, 0.25) is 0 Å². The Morgan fingerprint density at radius 2 is 2.32 bits per heavy atom. The lowest BCUT2D eigenvalue weighted by Crippen LogP contribution is -2.15. The predicted molar refractivity (Wildman–Crippen MR) is 76.0 cm³/mol. The van der Waals surface area contributed by atoms with Crippen molar-refractivity contribution in [2.45, 2.75) is 18.9 Å². The Bertz CT molecular complexity index is 589. The van der Waals surface area contributed by atoms with Gasteiger partial charge in [-0.1, -0.05) is 15.9 Å². The number of rotatable bonds is 3. The van der Waals surface area contributed by atoms with Crippen LogP contribution in [0, 0.1) is 0 Å². The summed E-state index contributed by atoms with van der Waals surface area (Å²) in [6, 6.07) is 5.89. The lowest BCUT2D eigenvalue weighted by Gasteiger charge is -2.14. The third-order valence-corrected chi connectivity index (χ3v) is 3.71. The molecule has 0 amide bonds. The number of nitrogens with zero attached hydrogens (tertiary/aromatic N) is 2. The fourth-order valence-corrected chi connectivity index (χ4v) is 2.91. The first-order chi connectivity index (χ1) is 9.24. The van der Waals surface area contributed by atoms with Crippen molar-refractivity contribution in [3.63, 3.8) is 0 Å². The van der Waals surface area contributed by atoms with Crippen LogP contribution in [0.5, 0.6) is 5.75 Å². The Hall–Kier alpha value is -1.46. The molecule has 0 bridgehead atoms. The summed E-state index contributed by atoms with van der Waals surface area (Å²) in [5.74, 6) is 0.993. The zero-order valence-electron chi connectivity index (χ0n) is 10.3. The highest BCUT2D eigenvalue weighted by molar-refractivity contribution is 9.10. The van der Waals surface area contributed by atoms with Crippen LogP contribution in [0.1, 0.15) is 22.9 Å². The van der Waals surface area contributed by atoms with E-state index in [2.05, 4.69) is 38.0 Å². The summed E-state index contributed by atoms with van der Waals surface area (Å²) in [5.41, 5.74) is 9.44. The molecule has 3 rings (SSSR count). The van der Waals surface area contributed by atoms with Gasteiger partial charge in [-0.05, 0) is 35.7 Å². The average molecular weight is 320 g/mol. The van der Waals surface area contributed by atoms with Crippen molar-refractivity contribution in [3.05, 3.63) is 52.0 Å². The molecule has 0 radical (unpaired) electrons. The average Bonchev–Trinajstić information content (AvgIpc) is 2.88. The number of aromatic nitrogens is 2. The Morgan fingerprint density at radius 1 is 1.42 bits per heavy atom. The first-order valence-electron chi connectivity index (χ1n) is 6.19. The zero-order valence-corrected chi connectivity index (χ0v) is 11.9. The third-order valence-electron chi connectivity index (χ3n) is 3.25. The maximum Gasteiger partial charge on any atom is 0.125 e. The number of fused-ring (bicyclic) bond motifs is 1. The zero-order chi connectivity index (χ0) is 13.2. The summed E-state index contributed by atoms with van der Waals surface area (Å²) < 4.78 is 6.78. The van der Waals surface area contributed by atoms with Gasteiger partial charge in [0.05, 0.1) is 18.3 Å². The van der Waals surface area contributed by atoms with Gasteiger partial charge in [-0.2, -0.15) is 0 Å². The highest BCUT2D eigenvalue weighted by atomic mass is 79.9. The van der Waals surface area contributed by atoms with Gasteiger partial charge in [-0.25, -0.2) is 9.97 Å². The van der Waals surface area contributed by atoms with E-state index < -0.39 is 0 Å². The molecule has 1 atom stereocenters. The van der Waals surface area contributed by atoms with Crippen molar-refractivity contribution in [2.24, 2.45) is 5.73 Å². The van der Waals surface area contributed by atoms with Gasteiger partial charge in [0.1, 0.15) is 12.1 Å². The molecule has 2 N–H and O–H groups in total. The lowest BCUT2D eigenvalue weighted by atomic mass is 10.0. The van der Waals surface area contributed by atoms with Crippen LogP contribution >= 0.6 is 15.9 Å². The monoisotopic (exact) mass is 319 g/mol. The molecule has 0 saturated carbocycles. The Labute approximate surface area is 120 Å². The van der Waals surface area contributed by atoms with E-state index in [9.17, 15) is 0 Å².